The number of aromatic nitrogens is 5. The number of aryl methyl sites for hydroxylation is 2. The Bertz CT molecular complexity index is 558. The molecule has 6 nitrogen and oxygen atoms in total. The van der Waals surface area contributed by atoms with Gasteiger partial charge >= 0.3 is 0 Å². The lowest BCUT2D eigenvalue weighted by Gasteiger charge is -2.02. The van der Waals surface area contributed by atoms with Gasteiger partial charge in [-0.25, -0.2) is 9.97 Å². The predicted octanol–water partition coefficient (Wildman–Crippen LogP) is 0.730. The first-order valence-electron chi connectivity index (χ1n) is 4.23. The highest BCUT2D eigenvalue weighted by atomic mass is 79.9. The lowest BCUT2D eigenvalue weighted by molar-refractivity contribution is 0.789. The molecular weight excluding hydrogens is 262 g/mol. The average molecular weight is 270 g/mol. The lowest BCUT2D eigenvalue weighted by Crippen LogP contribution is -2.13. The van der Waals surface area contributed by atoms with E-state index in [1.54, 1.807) is 13.8 Å². The fourth-order valence-electron chi connectivity index (χ4n) is 1.24. The van der Waals surface area contributed by atoms with Gasteiger partial charge in [-0.1, -0.05) is 0 Å². The van der Waals surface area contributed by atoms with Crippen molar-refractivity contribution in [2.75, 3.05) is 0 Å². The molecule has 0 aliphatic heterocycles. The Morgan fingerprint density at radius 2 is 2.20 bits per heavy atom. The van der Waals surface area contributed by atoms with Gasteiger partial charge in [0.2, 0.25) is 0 Å². The van der Waals surface area contributed by atoms with Crippen LogP contribution in [0.25, 0.3) is 5.82 Å². The van der Waals surface area contributed by atoms with Crippen LogP contribution >= 0.6 is 15.9 Å². The van der Waals surface area contributed by atoms with Gasteiger partial charge < -0.3 is 4.98 Å². The quantitative estimate of drug-likeness (QED) is 0.828. The molecule has 2 aromatic heterocycles. The van der Waals surface area contributed by atoms with Gasteiger partial charge in [-0.05, 0) is 29.8 Å². The second kappa shape index (κ2) is 3.58. The van der Waals surface area contributed by atoms with Crippen LogP contribution in [0.5, 0.6) is 0 Å². The molecule has 0 fully saturated rings. The average Bonchev–Trinajstić information content (AvgIpc) is 2.50. The van der Waals surface area contributed by atoms with E-state index in [1.807, 2.05) is 0 Å². The number of halogens is 1. The molecular formula is C8H8BrN5O. The molecule has 0 aliphatic rings. The van der Waals surface area contributed by atoms with Crippen molar-refractivity contribution in [3.05, 3.63) is 32.8 Å². The molecule has 0 amide bonds. The van der Waals surface area contributed by atoms with Crippen molar-refractivity contribution in [3.8, 4) is 5.82 Å². The van der Waals surface area contributed by atoms with Crippen molar-refractivity contribution in [3.63, 3.8) is 0 Å². The monoisotopic (exact) mass is 269 g/mol. The number of nitrogens with one attached hydrogen (secondary N) is 1. The van der Waals surface area contributed by atoms with E-state index < -0.39 is 0 Å². The SMILES string of the molecule is Cc1nc(C)n(-c2nc[nH]c(=O)c2Br)n1. The summed E-state index contributed by atoms with van der Waals surface area (Å²) in [4.78, 5) is 22.0. The molecule has 78 valence electrons. The van der Waals surface area contributed by atoms with Crippen molar-refractivity contribution in [2.24, 2.45) is 0 Å². The molecule has 2 aromatic rings. The molecule has 0 radical (unpaired) electrons. The lowest BCUT2D eigenvalue weighted by atomic mass is 10.5. The van der Waals surface area contributed by atoms with Crippen LogP contribution in [-0.4, -0.2) is 24.7 Å². The minimum absolute atomic E-state index is 0.243. The van der Waals surface area contributed by atoms with Crippen LogP contribution in [0.4, 0.5) is 0 Å². The van der Waals surface area contributed by atoms with Crippen LogP contribution in [0.1, 0.15) is 11.6 Å². The van der Waals surface area contributed by atoms with Gasteiger partial charge in [-0.3, -0.25) is 4.79 Å². The van der Waals surface area contributed by atoms with Gasteiger partial charge in [0.05, 0.1) is 6.33 Å². The molecule has 15 heavy (non-hydrogen) atoms. The zero-order chi connectivity index (χ0) is 11.0. The second-order valence-corrected chi connectivity index (χ2v) is 3.78. The minimum Gasteiger partial charge on any atom is -0.312 e. The summed E-state index contributed by atoms with van der Waals surface area (Å²) >= 11 is 3.17. The largest absolute Gasteiger partial charge is 0.312 e. The van der Waals surface area contributed by atoms with Gasteiger partial charge in [-0.15, -0.1) is 5.10 Å². The highest BCUT2D eigenvalue weighted by Gasteiger charge is 2.11. The van der Waals surface area contributed by atoms with Gasteiger partial charge in [-0.2, -0.15) is 4.68 Å². The standard InChI is InChI=1S/C8H8BrN5O/c1-4-12-5(2)14(13-4)7-6(9)8(15)11-3-10-7/h3H,1-2H3,(H,10,11,15). The van der Waals surface area contributed by atoms with Gasteiger partial charge in [0.1, 0.15) is 16.1 Å². The van der Waals surface area contributed by atoms with E-state index in [0.717, 1.165) is 0 Å². The molecule has 0 aliphatic carbocycles. The normalized spacial score (nSPS) is 10.6. The number of H-pyrrole nitrogens is 1. The van der Waals surface area contributed by atoms with E-state index in [1.165, 1.54) is 11.0 Å². The molecule has 1 N–H and O–H groups in total. The van der Waals surface area contributed by atoms with Crippen molar-refractivity contribution in [1.29, 1.82) is 0 Å². The Labute approximate surface area is 93.5 Å². The fraction of sp³-hybridized carbons (Fsp3) is 0.250. The van der Waals surface area contributed by atoms with E-state index in [-0.39, 0.29) is 5.56 Å². The molecule has 0 bridgehead atoms. The van der Waals surface area contributed by atoms with Gasteiger partial charge in [0, 0.05) is 0 Å². The van der Waals surface area contributed by atoms with Gasteiger partial charge in [0.25, 0.3) is 5.56 Å². The zero-order valence-corrected chi connectivity index (χ0v) is 9.74. The Kier molecular flexibility index (Phi) is 2.39. The van der Waals surface area contributed by atoms with Crippen molar-refractivity contribution < 1.29 is 0 Å². The van der Waals surface area contributed by atoms with Crippen LogP contribution in [-0.2, 0) is 0 Å². The molecule has 0 atom stereocenters. The fourth-order valence-corrected chi connectivity index (χ4v) is 1.63. The summed E-state index contributed by atoms with van der Waals surface area (Å²) in [5, 5.41) is 4.14. The topological polar surface area (TPSA) is 76.5 Å². The third kappa shape index (κ3) is 1.70. The first-order valence-corrected chi connectivity index (χ1v) is 5.02. The maximum atomic E-state index is 11.3. The summed E-state index contributed by atoms with van der Waals surface area (Å²) in [7, 11) is 0. The molecule has 0 aromatic carbocycles. The molecule has 2 heterocycles. The molecule has 0 spiro atoms. The molecule has 0 saturated carbocycles. The summed E-state index contributed by atoms with van der Waals surface area (Å²) in [5.74, 6) is 1.77. The van der Waals surface area contributed by atoms with E-state index in [9.17, 15) is 4.79 Å². The number of rotatable bonds is 1. The van der Waals surface area contributed by atoms with Crippen molar-refractivity contribution in [2.45, 2.75) is 13.8 Å². The zero-order valence-electron chi connectivity index (χ0n) is 8.15. The van der Waals surface area contributed by atoms with Crippen LogP contribution in [0.2, 0.25) is 0 Å². The van der Waals surface area contributed by atoms with Crippen LogP contribution < -0.4 is 5.56 Å². The number of aromatic amines is 1. The van der Waals surface area contributed by atoms with E-state index in [2.05, 4.69) is 36.0 Å². The Hall–Kier alpha value is -1.50. The van der Waals surface area contributed by atoms with Crippen LogP contribution in [0.3, 0.4) is 0 Å². The van der Waals surface area contributed by atoms with Crippen molar-refractivity contribution >= 4 is 15.9 Å². The summed E-state index contributed by atoms with van der Waals surface area (Å²) in [6.45, 7) is 3.58. The maximum Gasteiger partial charge on any atom is 0.267 e. The van der Waals surface area contributed by atoms with E-state index in [0.29, 0.717) is 21.9 Å². The maximum absolute atomic E-state index is 11.3. The molecule has 7 heteroatoms. The third-order valence-corrected chi connectivity index (χ3v) is 2.57. The summed E-state index contributed by atoms with van der Waals surface area (Å²) in [6.07, 6.45) is 1.33. The number of hydrogen-bond acceptors (Lipinski definition) is 4. The molecule has 2 rings (SSSR count). The smallest absolute Gasteiger partial charge is 0.267 e. The number of hydrogen-bond donors (Lipinski definition) is 1. The highest BCUT2D eigenvalue weighted by Crippen LogP contribution is 2.13. The second-order valence-electron chi connectivity index (χ2n) is 2.99. The third-order valence-electron chi connectivity index (χ3n) is 1.85. The van der Waals surface area contributed by atoms with E-state index in [4.69, 9.17) is 0 Å². The summed E-state index contributed by atoms with van der Waals surface area (Å²) in [6, 6.07) is 0. The Balaban J connectivity index is 2.69. The predicted molar refractivity (Wildman–Crippen MR) is 56.9 cm³/mol. The van der Waals surface area contributed by atoms with Crippen molar-refractivity contribution in [1.82, 2.24) is 24.7 Å². The van der Waals surface area contributed by atoms with Crippen LogP contribution in [0.15, 0.2) is 15.6 Å². The Morgan fingerprint density at radius 1 is 1.47 bits per heavy atom. The van der Waals surface area contributed by atoms with Crippen LogP contribution in [0, 0.1) is 13.8 Å². The molecule has 0 unspecified atom stereocenters. The number of nitrogens with zero attached hydrogens (tertiary/aromatic N) is 4. The van der Waals surface area contributed by atoms with Gasteiger partial charge in [0.15, 0.2) is 5.82 Å². The highest BCUT2D eigenvalue weighted by molar-refractivity contribution is 9.10. The first kappa shape index (κ1) is 10.0. The minimum atomic E-state index is -0.243. The summed E-state index contributed by atoms with van der Waals surface area (Å²) in [5.41, 5.74) is -0.243. The summed E-state index contributed by atoms with van der Waals surface area (Å²) < 4.78 is 1.87. The Morgan fingerprint density at radius 3 is 2.80 bits per heavy atom. The first-order chi connectivity index (χ1) is 7.09. The molecule has 0 saturated heterocycles. The van der Waals surface area contributed by atoms with E-state index >= 15 is 0 Å².